The average molecular weight is 267 g/mol. The molecule has 0 aromatic heterocycles. The Morgan fingerprint density at radius 1 is 1.05 bits per heavy atom. The summed E-state index contributed by atoms with van der Waals surface area (Å²) in [6.07, 6.45) is 1.93. The van der Waals surface area contributed by atoms with Crippen molar-refractivity contribution in [2.45, 2.75) is 11.8 Å². The van der Waals surface area contributed by atoms with Gasteiger partial charge >= 0.3 is 0 Å². The summed E-state index contributed by atoms with van der Waals surface area (Å²) >= 11 is 1.51. The van der Waals surface area contributed by atoms with Gasteiger partial charge in [0, 0.05) is 4.90 Å². The number of para-hydroxylation sites is 1. The van der Waals surface area contributed by atoms with E-state index in [1.165, 1.54) is 17.3 Å². The van der Waals surface area contributed by atoms with Crippen molar-refractivity contribution in [1.82, 2.24) is 0 Å². The van der Waals surface area contributed by atoms with Gasteiger partial charge < -0.3 is 5.32 Å². The van der Waals surface area contributed by atoms with Crippen LogP contribution in [0.3, 0.4) is 0 Å². The Morgan fingerprint density at radius 3 is 2.58 bits per heavy atom. The van der Waals surface area contributed by atoms with Crippen molar-refractivity contribution in [2.24, 2.45) is 0 Å². The molecule has 0 aliphatic carbocycles. The highest BCUT2D eigenvalue weighted by Gasteiger charge is 2.20. The van der Waals surface area contributed by atoms with Gasteiger partial charge in [-0.25, -0.2) is 0 Å². The first kappa shape index (κ1) is 12.1. The number of aryl methyl sites for hydroxylation is 1. The monoisotopic (exact) mass is 267 g/mol. The highest BCUT2D eigenvalue weighted by molar-refractivity contribution is 8.04. The minimum Gasteiger partial charge on any atom is -0.320 e. The summed E-state index contributed by atoms with van der Waals surface area (Å²) in [6, 6.07) is 16.0. The molecule has 1 N–H and O–H groups in total. The van der Waals surface area contributed by atoms with Crippen LogP contribution < -0.4 is 5.32 Å². The summed E-state index contributed by atoms with van der Waals surface area (Å²) in [4.78, 5) is 13.8. The van der Waals surface area contributed by atoms with Crippen LogP contribution in [0.4, 0.5) is 5.69 Å². The van der Waals surface area contributed by atoms with Gasteiger partial charge in [-0.15, -0.1) is 0 Å². The molecule has 0 unspecified atom stereocenters. The zero-order valence-corrected chi connectivity index (χ0v) is 11.3. The molecule has 0 spiro atoms. The molecule has 0 atom stereocenters. The molecule has 1 heterocycles. The molecule has 0 saturated heterocycles. The van der Waals surface area contributed by atoms with Gasteiger partial charge in [-0.3, -0.25) is 4.79 Å². The molecule has 2 aromatic rings. The Bertz CT molecular complexity index is 659. The number of benzene rings is 2. The van der Waals surface area contributed by atoms with Crippen molar-refractivity contribution >= 4 is 29.4 Å². The number of anilines is 1. The summed E-state index contributed by atoms with van der Waals surface area (Å²) < 4.78 is 0. The Morgan fingerprint density at radius 2 is 1.79 bits per heavy atom. The van der Waals surface area contributed by atoms with Gasteiger partial charge in [0.1, 0.15) is 0 Å². The Balaban J connectivity index is 1.94. The van der Waals surface area contributed by atoms with Gasteiger partial charge in [0.15, 0.2) is 0 Å². The fourth-order valence-corrected chi connectivity index (χ4v) is 2.87. The van der Waals surface area contributed by atoms with E-state index in [4.69, 9.17) is 0 Å². The molecule has 2 aromatic carbocycles. The number of thioether (sulfide) groups is 1. The quantitative estimate of drug-likeness (QED) is 0.789. The van der Waals surface area contributed by atoms with Gasteiger partial charge in [0.2, 0.25) is 0 Å². The van der Waals surface area contributed by atoms with E-state index in [1.807, 2.05) is 54.6 Å². The molecule has 0 saturated carbocycles. The Labute approximate surface area is 116 Å². The number of carbonyl (C=O) groups is 1. The van der Waals surface area contributed by atoms with Crippen molar-refractivity contribution in [1.29, 1.82) is 0 Å². The molecule has 2 nitrogen and oxygen atoms in total. The van der Waals surface area contributed by atoms with Crippen molar-refractivity contribution in [3.63, 3.8) is 0 Å². The third-order valence-corrected chi connectivity index (χ3v) is 4.05. The first-order valence-corrected chi connectivity index (χ1v) is 6.90. The average Bonchev–Trinajstić information content (AvgIpc) is 2.42. The third-order valence-electron chi connectivity index (χ3n) is 2.95. The lowest BCUT2D eigenvalue weighted by Crippen LogP contribution is -2.16. The van der Waals surface area contributed by atoms with E-state index in [0.717, 1.165) is 21.1 Å². The molecule has 0 fully saturated rings. The molecule has 19 heavy (non-hydrogen) atoms. The number of nitrogens with one attached hydrogen (secondary N) is 1. The zero-order chi connectivity index (χ0) is 13.2. The first-order valence-electron chi connectivity index (χ1n) is 6.09. The lowest BCUT2D eigenvalue weighted by molar-refractivity contribution is -0.112. The topological polar surface area (TPSA) is 29.1 Å². The van der Waals surface area contributed by atoms with Gasteiger partial charge in [0.25, 0.3) is 5.91 Å². The van der Waals surface area contributed by atoms with Crippen LogP contribution in [0, 0.1) is 6.92 Å². The SMILES string of the molecule is Cc1ccc(C=C2Sc3ccccc3NC2=O)cc1. The summed E-state index contributed by atoms with van der Waals surface area (Å²) in [5.74, 6) is -0.0377. The van der Waals surface area contributed by atoms with E-state index in [9.17, 15) is 4.79 Å². The number of rotatable bonds is 1. The lowest BCUT2D eigenvalue weighted by Gasteiger charge is -2.18. The number of carbonyl (C=O) groups excluding carboxylic acids is 1. The molecule has 0 radical (unpaired) electrons. The van der Waals surface area contributed by atoms with Crippen molar-refractivity contribution < 1.29 is 4.79 Å². The fourth-order valence-electron chi connectivity index (χ4n) is 1.92. The first-order chi connectivity index (χ1) is 9.22. The fraction of sp³-hybridized carbons (Fsp3) is 0.0625. The van der Waals surface area contributed by atoms with E-state index in [1.54, 1.807) is 0 Å². The van der Waals surface area contributed by atoms with Gasteiger partial charge in [-0.1, -0.05) is 53.7 Å². The minimum atomic E-state index is -0.0377. The maximum Gasteiger partial charge on any atom is 0.262 e. The molecular formula is C16H13NOS. The van der Waals surface area contributed by atoms with E-state index in [-0.39, 0.29) is 5.91 Å². The maximum atomic E-state index is 12.0. The summed E-state index contributed by atoms with van der Waals surface area (Å²) in [6.45, 7) is 2.05. The smallest absolute Gasteiger partial charge is 0.262 e. The molecule has 0 bridgehead atoms. The largest absolute Gasteiger partial charge is 0.320 e. The minimum absolute atomic E-state index is 0.0377. The van der Waals surface area contributed by atoms with Crippen molar-refractivity contribution in [3.8, 4) is 0 Å². The van der Waals surface area contributed by atoms with Crippen LogP contribution in [0.25, 0.3) is 6.08 Å². The van der Waals surface area contributed by atoms with Crippen molar-refractivity contribution in [3.05, 3.63) is 64.6 Å². The van der Waals surface area contributed by atoms with Gasteiger partial charge in [-0.05, 0) is 30.7 Å². The molecule has 1 amide bonds. The van der Waals surface area contributed by atoms with Gasteiger partial charge in [-0.2, -0.15) is 0 Å². The normalized spacial score (nSPS) is 16.1. The predicted octanol–water partition coefficient (Wildman–Crippen LogP) is 4.08. The van der Waals surface area contributed by atoms with Crippen LogP contribution in [0.15, 0.2) is 58.3 Å². The van der Waals surface area contributed by atoms with Crippen LogP contribution in [-0.2, 0) is 4.79 Å². The van der Waals surface area contributed by atoms with E-state index >= 15 is 0 Å². The second-order valence-electron chi connectivity index (χ2n) is 4.47. The lowest BCUT2D eigenvalue weighted by atomic mass is 10.1. The second kappa shape index (κ2) is 4.94. The van der Waals surface area contributed by atoms with Crippen LogP contribution in [0.1, 0.15) is 11.1 Å². The number of hydrogen-bond donors (Lipinski definition) is 1. The molecule has 1 aliphatic heterocycles. The Kier molecular flexibility index (Phi) is 3.13. The third kappa shape index (κ3) is 2.56. The number of hydrogen-bond acceptors (Lipinski definition) is 2. The predicted molar refractivity (Wildman–Crippen MR) is 80.1 cm³/mol. The number of fused-ring (bicyclic) bond motifs is 1. The van der Waals surface area contributed by atoms with Crippen molar-refractivity contribution in [2.75, 3.05) is 5.32 Å². The molecular weight excluding hydrogens is 254 g/mol. The molecule has 3 heteroatoms. The summed E-state index contributed by atoms with van der Waals surface area (Å²) in [7, 11) is 0. The molecule has 94 valence electrons. The highest BCUT2D eigenvalue weighted by Crippen LogP contribution is 2.38. The molecule has 3 rings (SSSR count). The highest BCUT2D eigenvalue weighted by atomic mass is 32.2. The zero-order valence-electron chi connectivity index (χ0n) is 10.5. The van der Waals surface area contributed by atoms with Crippen LogP contribution in [-0.4, -0.2) is 5.91 Å². The maximum absolute atomic E-state index is 12.0. The van der Waals surface area contributed by atoms with E-state index in [2.05, 4.69) is 12.2 Å². The van der Waals surface area contributed by atoms with Gasteiger partial charge in [0.05, 0.1) is 10.6 Å². The van der Waals surface area contributed by atoms with E-state index in [0.29, 0.717) is 0 Å². The Hall–Kier alpha value is -2.00. The van der Waals surface area contributed by atoms with Crippen LogP contribution >= 0.6 is 11.8 Å². The van der Waals surface area contributed by atoms with E-state index < -0.39 is 0 Å². The van der Waals surface area contributed by atoms with Crippen LogP contribution in [0.5, 0.6) is 0 Å². The summed E-state index contributed by atoms with van der Waals surface area (Å²) in [5.41, 5.74) is 3.15. The molecule has 1 aliphatic rings. The number of amides is 1. The van der Waals surface area contributed by atoms with Crippen LogP contribution in [0.2, 0.25) is 0 Å². The summed E-state index contributed by atoms with van der Waals surface area (Å²) in [5, 5.41) is 2.91. The standard InChI is InChI=1S/C16H13NOS/c1-11-6-8-12(9-7-11)10-15-16(18)17-13-4-2-3-5-14(13)19-15/h2-10H,1H3,(H,17,18). The second-order valence-corrected chi connectivity index (χ2v) is 5.56.